The molecule has 80 valence electrons. The number of aromatic amines is 1. The zero-order valence-corrected chi connectivity index (χ0v) is 9.62. The normalized spacial score (nSPS) is 11.9. The number of hydrogen-bond acceptors (Lipinski definition) is 1. The van der Waals surface area contributed by atoms with Gasteiger partial charge in [-0.05, 0) is 13.0 Å². The maximum absolute atomic E-state index is 11.6. The zero-order valence-electron chi connectivity index (χ0n) is 8.10. The second kappa shape index (κ2) is 5.11. The van der Waals surface area contributed by atoms with Crippen molar-refractivity contribution < 1.29 is 4.79 Å². The van der Waals surface area contributed by atoms with E-state index in [1.807, 2.05) is 6.92 Å². The first-order valence-electron chi connectivity index (χ1n) is 4.33. The Morgan fingerprint density at radius 1 is 1.73 bits per heavy atom. The summed E-state index contributed by atoms with van der Waals surface area (Å²) in [7, 11) is 0. The summed E-state index contributed by atoms with van der Waals surface area (Å²) in [4.78, 5) is 14.2. The lowest BCUT2D eigenvalue weighted by Crippen LogP contribution is -2.32. The van der Waals surface area contributed by atoms with Crippen molar-refractivity contribution in [2.75, 3.05) is 0 Å². The average Bonchev–Trinajstić information content (AvgIpc) is 2.47. The molecule has 1 heterocycles. The highest BCUT2D eigenvalue weighted by Gasteiger charge is 2.13. The van der Waals surface area contributed by atoms with E-state index in [0.717, 1.165) is 0 Å². The second-order valence-corrected chi connectivity index (χ2v) is 3.91. The van der Waals surface area contributed by atoms with E-state index >= 15 is 0 Å². The van der Waals surface area contributed by atoms with Crippen molar-refractivity contribution in [3.8, 4) is 12.3 Å². The number of terminal acetylenes is 1. The summed E-state index contributed by atoms with van der Waals surface area (Å²) < 4.78 is 0. The fourth-order valence-electron chi connectivity index (χ4n) is 1.06. The number of carbonyl (C=O) groups is 1. The summed E-state index contributed by atoms with van der Waals surface area (Å²) in [6.07, 6.45) is 5.60. The van der Waals surface area contributed by atoms with Gasteiger partial charge in [0.2, 0.25) is 0 Å². The predicted molar refractivity (Wildman–Crippen MR) is 61.2 cm³/mol. The van der Waals surface area contributed by atoms with Gasteiger partial charge < -0.3 is 10.3 Å². The van der Waals surface area contributed by atoms with Gasteiger partial charge in [-0.3, -0.25) is 4.79 Å². The van der Waals surface area contributed by atoms with Crippen LogP contribution >= 0.6 is 23.2 Å². The molecule has 15 heavy (non-hydrogen) atoms. The Balaban J connectivity index is 2.66. The zero-order chi connectivity index (χ0) is 11.4. The lowest BCUT2D eigenvalue weighted by atomic mass is 10.2. The van der Waals surface area contributed by atoms with Crippen molar-refractivity contribution in [3.05, 3.63) is 21.9 Å². The first-order chi connectivity index (χ1) is 7.04. The molecule has 0 aliphatic heterocycles. The molecule has 1 aromatic heterocycles. The van der Waals surface area contributed by atoms with Gasteiger partial charge in [0, 0.05) is 12.5 Å². The number of H-pyrrole nitrogens is 1. The van der Waals surface area contributed by atoms with Crippen LogP contribution in [-0.4, -0.2) is 16.9 Å². The molecule has 0 aromatic carbocycles. The number of nitrogens with one attached hydrogen (secondary N) is 2. The van der Waals surface area contributed by atoms with Gasteiger partial charge in [0.1, 0.15) is 10.8 Å². The molecule has 2 N–H and O–H groups in total. The van der Waals surface area contributed by atoms with E-state index in [0.29, 0.717) is 17.1 Å². The maximum Gasteiger partial charge on any atom is 0.268 e. The van der Waals surface area contributed by atoms with Gasteiger partial charge in [0.25, 0.3) is 5.91 Å². The van der Waals surface area contributed by atoms with Gasteiger partial charge >= 0.3 is 0 Å². The largest absolute Gasteiger partial charge is 0.347 e. The number of hydrogen-bond donors (Lipinski definition) is 2. The molecule has 0 spiro atoms. The molecular formula is C10H10Cl2N2O. The summed E-state index contributed by atoms with van der Waals surface area (Å²) in [5.41, 5.74) is 0.328. The van der Waals surface area contributed by atoms with Crippen molar-refractivity contribution in [2.24, 2.45) is 0 Å². The van der Waals surface area contributed by atoms with Crippen LogP contribution < -0.4 is 5.32 Å². The predicted octanol–water partition coefficient (Wildman–Crippen LogP) is 2.46. The topological polar surface area (TPSA) is 44.9 Å². The van der Waals surface area contributed by atoms with Crippen LogP contribution in [0.15, 0.2) is 6.07 Å². The SMILES string of the molecule is C#CCC(C)NC(=O)c1cc(Cl)c(Cl)[nH]1. The minimum absolute atomic E-state index is 0.0802. The number of halogens is 2. The molecule has 1 unspecified atom stereocenters. The molecule has 1 aromatic rings. The molecule has 1 amide bonds. The van der Waals surface area contributed by atoms with E-state index < -0.39 is 0 Å². The van der Waals surface area contributed by atoms with Crippen LogP contribution in [0.4, 0.5) is 0 Å². The number of aromatic nitrogens is 1. The lowest BCUT2D eigenvalue weighted by Gasteiger charge is -2.09. The van der Waals surface area contributed by atoms with E-state index in [9.17, 15) is 4.79 Å². The Labute approximate surface area is 98.1 Å². The van der Waals surface area contributed by atoms with Crippen molar-refractivity contribution in [3.63, 3.8) is 0 Å². The molecule has 1 atom stereocenters. The van der Waals surface area contributed by atoms with Crippen LogP contribution in [0.5, 0.6) is 0 Å². The molecule has 5 heteroatoms. The highest BCUT2D eigenvalue weighted by atomic mass is 35.5. The van der Waals surface area contributed by atoms with Crippen LogP contribution in [0.1, 0.15) is 23.8 Å². The fraction of sp³-hybridized carbons (Fsp3) is 0.300. The lowest BCUT2D eigenvalue weighted by molar-refractivity contribution is 0.0936. The van der Waals surface area contributed by atoms with Gasteiger partial charge in [-0.25, -0.2) is 0 Å². The Bertz CT molecular complexity index is 387. The van der Waals surface area contributed by atoms with Gasteiger partial charge in [-0.15, -0.1) is 12.3 Å². The van der Waals surface area contributed by atoms with E-state index in [2.05, 4.69) is 16.2 Å². The smallest absolute Gasteiger partial charge is 0.268 e. The Kier molecular flexibility index (Phi) is 4.07. The highest BCUT2D eigenvalue weighted by molar-refractivity contribution is 6.41. The minimum Gasteiger partial charge on any atom is -0.347 e. The molecule has 0 aliphatic carbocycles. The number of rotatable bonds is 3. The Morgan fingerprint density at radius 3 is 2.87 bits per heavy atom. The van der Waals surface area contributed by atoms with Crippen molar-refractivity contribution >= 4 is 29.1 Å². The van der Waals surface area contributed by atoms with E-state index in [1.54, 1.807) is 0 Å². The maximum atomic E-state index is 11.6. The summed E-state index contributed by atoms with van der Waals surface area (Å²) in [6, 6.07) is 1.39. The Hall–Kier alpha value is -1.11. The van der Waals surface area contributed by atoms with Gasteiger partial charge in [-0.2, -0.15) is 0 Å². The molecule has 0 aliphatic rings. The standard InChI is InChI=1S/C10H10Cl2N2O/c1-3-4-6(2)13-10(15)8-5-7(11)9(12)14-8/h1,5-6,14H,4H2,2H3,(H,13,15). The van der Waals surface area contributed by atoms with Gasteiger partial charge in [-0.1, -0.05) is 23.2 Å². The molecule has 0 saturated carbocycles. The Morgan fingerprint density at radius 2 is 2.40 bits per heavy atom. The van der Waals surface area contributed by atoms with Crippen LogP contribution in [0.25, 0.3) is 0 Å². The molecule has 3 nitrogen and oxygen atoms in total. The van der Waals surface area contributed by atoms with E-state index in [1.165, 1.54) is 6.07 Å². The summed E-state index contributed by atoms with van der Waals surface area (Å²) >= 11 is 11.4. The van der Waals surface area contributed by atoms with E-state index in [4.69, 9.17) is 29.6 Å². The van der Waals surface area contributed by atoms with Crippen LogP contribution in [0.2, 0.25) is 10.2 Å². The molecule has 0 saturated heterocycles. The fourth-order valence-corrected chi connectivity index (χ4v) is 1.37. The van der Waals surface area contributed by atoms with Crippen LogP contribution in [0, 0.1) is 12.3 Å². The molecule has 0 radical (unpaired) electrons. The number of amides is 1. The first kappa shape index (κ1) is 12.0. The minimum atomic E-state index is -0.272. The quantitative estimate of drug-likeness (QED) is 0.789. The van der Waals surface area contributed by atoms with E-state index in [-0.39, 0.29) is 17.1 Å². The van der Waals surface area contributed by atoms with Crippen molar-refractivity contribution in [1.82, 2.24) is 10.3 Å². The molecule has 1 rings (SSSR count). The van der Waals surface area contributed by atoms with Gasteiger partial charge in [0.05, 0.1) is 5.02 Å². The summed E-state index contributed by atoms with van der Waals surface area (Å²) in [5.74, 6) is 2.19. The highest BCUT2D eigenvalue weighted by Crippen LogP contribution is 2.21. The third-order valence-electron chi connectivity index (χ3n) is 1.77. The first-order valence-corrected chi connectivity index (χ1v) is 5.08. The summed E-state index contributed by atoms with van der Waals surface area (Å²) in [6.45, 7) is 1.82. The molecule has 0 fully saturated rings. The second-order valence-electron chi connectivity index (χ2n) is 3.13. The third-order valence-corrected chi connectivity index (χ3v) is 2.46. The monoisotopic (exact) mass is 244 g/mol. The molecule has 0 bridgehead atoms. The summed E-state index contributed by atoms with van der Waals surface area (Å²) in [5, 5.41) is 3.29. The third kappa shape index (κ3) is 3.19. The van der Waals surface area contributed by atoms with Crippen molar-refractivity contribution in [2.45, 2.75) is 19.4 Å². The van der Waals surface area contributed by atoms with Gasteiger partial charge in [0.15, 0.2) is 0 Å². The van der Waals surface area contributed by atoms with Crippen LogP contribution in [0.3, 0.4) is 0 Å². The average molecular weight is 245 g/mol. The van der Waals surface area contributed by atoms with Crippen molar-refractivity contribution in [1.29, 1.82) is 0 Å². The number of carbonyl (C=O) groups excluding carboxylic acids is 1. The molecular weight excluding hydrogens is 235 g/mol. The van der Waals surface area contributed by atoms with Crippen LogP contribution in [-0.2, 0) is 0 Å².